The van der Waals surface area contributed by atoms with Crippen LogP contribution < -0.4 is 4.74 Å². The molecule has 0 spiro atoms. The third-order valence-electron chi connectivity index (χ3n) is 4.85. The average Bonchev–Trinajstić information content (AvgIpc) is 2.69. The van der Waals surface area contributed by atoms with Gasteiger partial charge in [-0.25, -0.2) is 0 Å². The van der Waals surface area contributed by atoms with Crippen molar-refractivity contribution in [1.29, 1.82) is 0 Å². The van der Waals surface area contributed by atoms with E-state index in [0.29, 0.717) is 12.3 Å². The smallest absolute Gasteiger partial charge is 0.310 e. The molecule has 0 saturated heterocycles. The molecule has 0 bridgehead atoms. The van der Waals surface area contributed by atoms with E-state index in [-0.39, 0.29) is 25.0 Å². The van der Waals surface area contributed by atoms with E-state index in [1.54, 1.807) is 11.8 Å². The van der Waals surface area contributed by atoms with Gasteiger partial charge in [-0.2, -0.15) is 0 Å². The number of amides is 1. The van der Waals surface area contributed by atoms with E-state index < -0.39 is 5.92 Å². The Morgan fingerprint density at radius 3 is 2.36 bits per heavy atom. The molecule has 0 radical (unpaired) electrons. The molecule has 0 heterocycles. The molecular formula is C23H29NO4. The molecule has 5 heteroatoms. The summed E-state index contributed by atoms with van der Waals surface area (Å²) in [4.78, 5) is 26.4. The first-order valence-electron chi connectivity index (χ1n) is 9.42. The number of esters is 1. The number of ether oxygens (including phenoxy) is 2. The summed E-state index contributed by atoms with van der Waals surface area (Å²) >= 11 is 0. The Hall–Kier alpha value is -2.82. The van der Waals surface area contributed by atoms with Crippen LogP contribution in [-0.2, 0) is 20.9 Å². The molecule has 0 aliphatic rings. The van der Waals surface area contributed by atoms with Crippen LogP contribution in [0.4, 0.5) is 0 Å². The Balaban J connectivity index is 2.11. The van der Waals surface area contributed by atoms with Gasteiger partial charge in [0.15, 0.2) is 6.61 Å². The average molecular weight is 383 g/mol. The Morgan fingerprint density at radius 2 is 1.71 bits per heavy atom. The summed E-state index contributed by atoms with van der Waals surface area (Å²) in [5.41, 5.74) is 4.29. The third kappa shape index (κ3) is 5.84. The van der Waals surface area contributed by atoms with Crippen molar-refractivity contribution < 1.29 is 19.1 Å². The molecular weight excluding hydrogens is 354 g/mol. The number of hydrogen-bond acceptors (Lipinski definition) is 4. The largest absolute Gasteiger partial charge is 0.483 e. The van der Waals surface area contributed by atoms with E-state index in [4.69, 9.17) is 9.47 Å². The van der Waals surface area contributed by atoms with Crippen molar-refractivity contribution in [2.75, 3.05) is 20.3 Å². The quantitative estimate of drug-likeness (QED) is 0.650. The van der Waals surface area contributed by atoms with E-state index >= 15 is 0 Å². The topological polar surface area (TPSA) is 55.8 Å². The highest BCUT2D eigenvalue weighted by Crippen LogP contribution is 2.21. The highest BCUT2D eigenvalue weighted by atomic mass is 16.5. The minimum atomic E-state index is -0.417. The number of benzene rings is 2. The first-order valence-corrected chi connectivity index (χ1v) is 9.42. The molecule has 0 aliphatic carbocycles. The Labute approximate surface area is 167 Å². The number of nitrogens with zero attached hydrogens (tertiary/aromatic N) is 1. The molecule has 28 heavy (non-hydrogen) atoms. The molecule has 0 aliphatic heterocycles. The van der Waals surface area contributed by atoms with Gasteiger partial charge < -0.3 is 14.4 Å². The fraction of sp³-hybridized carbons (Fsp3) is 0.391. The Kier molecular flexibility index (Phi) is 7.61. The van der Waals surface area contributed by atoms with Gasteiger partial charge in [-0.1, -0.05) is 48.9 Å². The van der Waals surface area contributed by atoms with Gasteiger partial charge >= 0.3 is 5.97 Å². The van der Waals surface area contributed by atoms with Gasteiger partial charge in [-0.15, -0.1) is 0 Å². The number of methoxy groups -OCH3 is 1. The van der Waals surface area contributed by atoms with Gasteiger partial charge in [0.1, 0.15) is 5.75 Å². The predicted octanol–water partition coefficient (Wildman–Crippen LogP) is 3.83. The van der Waals surface area contributed by atoms with E-state index in [1.165, 1.54) is 7.11 Å². The van der Waals surface area contributed by atoms with Crippen LogP contribution in [0.5, 0.6) is 5.75 Å². The zero-order chi connectivity index (χ0) is 20.7. The number of rotatable bonds is 8. The van der Waals surface area contributed by atoms with Crippen LogP contribution >= 0.6 is 0 Å². The van der Waals surface area contributed by atoms with Crippen molar-refractivity contribution in [2.45, 2.75) is 34.2 Å². The van der Waals surface area contributed by atoms with Crippen LogP contribution in [0.3, 0.4) is 0 Å². The van der Waals surface area contributed by atoms with Crippen molar-refractivity contribution in [3.63, 3.8) is 0 Å². The summed E-state index contributed by atoms with van der Waals surface area (Å²) in [5.74, 6) is -0.223. The van der Waals surface area contributed by atoms with E-state index in [1.807, 2.05) is 63.2 Å². The second kappa shape index (κ2) is 9.93. The molecule has 0 aromatic heterocycles. The summed E-state index contributed by atoms with van der Waals surface area (Å²) < 4.78 is 10.6. The lowest BCUT2D eigenvalue weighted by Gasteiger charge is -2.25. The summed E-state index contributed by atoms with van der Waals surface area (Å²) in [6.45, 7) is 8.36. The second-order valence-corrected chi connectivity index (χ2v) is 7.17. The minimum Gasteiger partial charge on any atom is -0.483 e. The fourth-order valence-electron chi connectivity index (χ4n) is 2.89. The monoisotopic (exact) mass is 383 g/mol. The highest BCUT2D eigenvalue weighted by molar-refractivity contribution is 5.79. The maximum Gasteiger partial charge on any atom is 0.310 e. The SMILES string of the molecule is COC(=O)C(C)CN(Cc1ccc(C)cc1)C(=O)COc1cccc(C)c1C. The lowest BCUT2D eigenvalue weighted by Crippen LogP contribution is -2.39. The van der Waals surface area contributed by atoms with Crippen LogP contribution in [-0.4, -0.2) is 37.0 Å². The first-order chi connectivity index (χ1) is 13.3. The molecule has 1 amide bonds. The molecule has 1 atom stereocenters. The second-order valence-electron chi connectivity index (χ2n) is 7.17. The number of carbonyl (C=O) groups excluding carboxylic acids is 2. The Bertz CT molecular complexity index is 814. The van der Waals surface area contributed by atoms with Gasteiger partial charge in [-0.05, 0) is 43.5 Å². The summed E-state index contributed by atoms with van der Waals surface area (Å²) in [5, 5.41) is 0. The minimum absolute atomic E-state index is 0.0793. The standard InChI is InChI=1S/C23H29NO4/c1-16-9-11-20(12-10-16)14-24(13-18(3)23(26)27-5)22(25)15-28-21-8-6-7-17(2)19(21)4/h6-12,18H,13-15H2,1-5H3. The normalized spacial score (nSPS) is 11.6. The van der Waals surface area contributed by atoms with E-state index in [9.17, 15) is 9.59 Å². The Morgan fingerprint density at radius 1 is 1.04 bits per heavy atom. The van der Waals surface area contributed by atoms with Gasteiger partial charge in [0, 0.05) is 13.1 Å². The molecule has 1 unspecified atom stereocenters. The third-order valence-corrected chi connectivity index (χ3v) is 4.85. The van der Waals surface area contributed by atoms with E-state index in [0.717, 1.165) is 22.3 Å². The van der Waals surface area contributed by atoms with Gasteiger partial charge in [0.05, 0.1) is 13.0 Å². The molecule has 0 N–H and O–H groups in total. The number of hydrogen-bond donors (Lipinski definition) is 0. The predicted molar refractivity (Wildman–Crippen MR) is 109 cm³/mol. The van der Waals surface area contributed by atoms with E-state index in [2.05, 4.69) is 0 Å². The summed E-state index contributed by atoms with van der Waals surface area (Å²) in [6, 6.07) is 13.8. The van der Waals surface area contributed by atoms with Gasteiger partial charge in [0.2, 0.25) is 0 Å². The number of carbonyl (C=O) groups is 2. The lowest BCUT2D eigenvalue weighted by atomic mass is 10.1. The lowest BCUT2D eigenvalue weighted by molar-refractivity contribution is -0.147. The maximum absolute atomic E-state index is 12.9. The zero-order valence-electron chi connectivity index (χ0n) is 17.3. The maximum atomic E-state index is 12.9. The molecule has 2 aromatic rings. The molecule has 0 saturated carbocycles. The van der Waals surface area contributed by atoms with Crippen LogP contribution in [0.15, 0.2) is 42.5 Å². The van der Waals surface area contributed by atoms with Crippen molar-refractivity contribution in [3.05, 3.63) is 64.7 Å². The van der Waals surface area contributed by atoms with Gasteiger partial charge in [-0.3, -0.25) is 9.59 Å². The molecule has 5 nitrogen and oxygen atoms in total. The van der Waals surface area contributed by atoms with Crippen molar-refractivity contribution >= 4 is 11.9 Å². The summed E-state index contributed by atoms with van der Waals surface area (Å²) in [7, 11) is 1.36. The highest BCUT2D eigenvalue weighted by Gasteiger charge is 2.22. The van der Waals surface area contributed by atoms with Crippen LogP contribution in [0.1, 0.15) is 29.2 Å². The summed E-state index contributed by atoms with van der Waals surface area (Å²) in [6.07, 6.45) is 0. The van der Waals surface area contributed by atoms with Crippen molar-refractivity contribution in [3.8, 4) is 5.75 Å². The van der Waals surface area contributed by atoms with Crippen LogP contribution in [0.2, 0.25) is 0 Å². The molecule has 2 rings (SSSR count). The van der Waals surface area contributed by atoms with Gasteiger partial charge in [0.25, 0.3) is 5.91 Å². The van der Waals surface area contributed by atoms with Crippen LogP contribution in [0.25, 0.3) is 0 Å². The molecule has 150 valence electrons. The number of aryl methyl sites for hydroxylation is 2. The fourth-order valence-corrected chi connectivity index (χ4v) is 2.89. The molecule has 2 aromatic carbocycles. The van der Waals surface area contributed by atoms with Crippen molar-refractivity contribution in [2.24, 2.45) is 5.92 Å². The zero-order valence-corrected chi connectivity index (χ0v) is 17.3. The molecule has 0 fully saturated rings. The van der Waals surface area contributed by atoms with Crippen molar-refractivity contribution in [1.82, 2.24) is 4.90 Å². The van der Waals surface area contributed by atoms with Crippen LogP contribution in [0, 0.1) is 26.7 Å². The first kappa shape index (κ1) is 21.5.